The molecule has 0 saturated heterocycles. The van der Waals surface area contributed by atoms with Crippen LogP contribution < -0.4 is 0 Å². The molecule has 0 bridgehead atoms. The van der Waals surface area contributed by atoms with Crippen molar-refractivity contribution in [2.45, 2.75) is 329 Å². The molecular weight excluding hydrogens is 937 g/mol. The predicted octanol–water partition coefficient (Wildman–Crippen LogP) is 22.3. The highest BCUT2D eigenvalue weighted by Gasteiger charge is 2.19. The Balaban J connectivity index is 4.34. The van der Waals surface area contributed by atoms with Gasteiger partial charge >= 0.3 is 17.9 Å². The van der Waals surface area contributed by atoms with E-state index in [9.17, 15) is 14.4 Å². The number of ether oxygens (including phenoxy) is 3. The van der Waals surface area contributed by atoms with Gasteiger partial charge in [0.15, 0.2) is 6.10 Å². The van der Waals surface area contributed by atoms with Gasteiger partial charge in [-0.3, -0.25) is 14.4 Å². The van der Waals surface area contributed by atoms with E-state index in [2.05, 4.69) is 106 Å². The molecule has 6 nitrogen and oxygen atoms in total. The summed E-state index contributed by atoms with van der Waals surface area (Å²) in [6.45, 7) is 6.51. The topological polar surface area (TPSA) is 78.9 Å². The fourth-order valence-corrected chi connectivity index (χ4v) is 9.27. The van der Waals surface area contributed by atoms with Crippen LogP contribution in [0.25, 0.3) is 0 Å². The number of esters is 3. The molecule has 0 spiro atoms. The zero-order chi connectivity index (χ0) is 55.0. The lowest BCUT2D eigenvalue weighted by Crippen LogP contribution is -2.30. The Hall–Kier alpha value is -3.41. The minimum Gasteiger partial charge on any atom is -0.462 e. The van der Waals surface area contributed by atoms with Crippen molar-refractivity contribution in [1.29, 1.82) is 0 Å². The largest absolute Gasteiger partial charge is 0.462 e. The lowest BCUT2D eigenvalue weighted by atomic mass is 10.0. The van der Waals surface area contributed by atoms with Crippen molar-refractivity contribution in [3.8, 4) is 0 Å². The molecule has 76 heavy (non-hydrogen) atoms. The maximum Gasteiger partial charge on any atom is 0.306 e. The number of carbonyl (C=O) groups excluding carboxylic acids is 3. The molecule has 0 N–H and O–H groups in total. The molecule has 0 aromatic rings. The smallest absolute Gasteiger partial charge is 0.306 e. The normalized spacial score (nSPS) is 12.6. The summed E-state index contributed by atoms with van der Waals surface area (Å²) in [5.74, 6) is -0.907. The number of hydrogen-bond donors (Lipinski definition) is 0. The molecule has 0 radical (unpaired) electrons. The van der Waals surface area contributed by atoms with Crippen LogP contribution in [0.15, 0.2) is 85.1 Å². The average Bonchev–Trinajstić information content (AvgIpc) is 3.42. The Bertz CT molecular complexity index is 1450. The second-order valence-electron chi connectivity index (χ2n) is 21.6. The van der Waals surface area contributed by atoms with Crippen molar-refractivity contribution in [1.82, 2.24) is 0 Å². The van der Waals surface area contributed by atoms with Crippen LogP contribution in [0, 0.1) is 0 Å². The van der Waals surface area contributed by atoms with Gasteiger partial charge in [0, 0.05) is 19.3 Å². The molecule has 1 atom stereocenters. The summed E-state index contributed by atoms with van der Waals surface area (Å²) in [6, 6.07) is 0. The number of unbranched alkanes of at least 4 members (excludes halogenated alkanes) is 34. The Labute approximate surface area is 471 Å². The summed E-state index contributed by atoms with van der Waals surface area (Å²) >= 11 is 0. The van der Waals surface area contributed by atoms with E-state index in [1.807, 2.05) is 0 Å². The fraction of sp³-hybridized carbons (Fsp3) is 0.757. The molecule has 0 saturated carbocycles. The number of rotatable bonds is 59. The quantitative estimate of drug-likeness (QED) is 0.0261. The fourth-order valence-electron chi connectivity index (χ4n) is 9.27. The van der Waals surface area contributed by atoms with Crippen LogP contribution in [0.4, 0.5) is 0 Å². The van der Waals surface area contributed by atoms with E-state index in [1.54, 1.807) is 0 Å². The molecule has 0 amide bonds. The van der Waals surface area contributed by atoms with Gasteiger partial charge < -0.3 is 14.2 Å². The third-order valence-corrected chi connectivity index (χ3v) is 14.1. The molecule has 0 heterocycles. The van der Waals surface area contributed by atoms with E-state index >= 15 is 0 Å². The van der Waals surface area contributed by atoms with Gasteiger partial charge in [0.25, 0.3) is 0 Å². The molecule has 0 rings (SSSR count). The first-order valence-corrected chi connectivity index (χ1v) is 32.6. The highest BCUT2D eigenvalue weighted by Crippen LogP contribution is 2.17. The SMILES string of the molecule is CC/C=C\C/C=C\C/C=C\C/C=C\C/C=C\C/C=C\CCCCCCC(=O)OCC(COC(=O)CCCCCCC/C=C\CCCCC)OC(=O)CCCCCCCCCCCCCCCCCCCCCCCCC. The van der Waals surface area contributed by atoms with Gasteiger partial charge in [0.2, 0.25) is 0 Å². The van der Waals surface area contributed by atoms with E-state index in [0.717, 1.165) is 116 Å². The molecule has 0 aliphatic heterocycles. The summed E-state index contributed by atoms with van der Waals surface area (Å²) in [4.78, 5) is 38.3. The first-order valence-electron chi connectivity index (χ1n) is 32.6. The van der Waals surface area contributed by atoms with Crippen LogP contribution in [0.2, 0.25) is 0 Å². The van der Waals surface area contributed by atoms with Crippen molar-refractivity contribution in [3.05, 3.63) is 85.1 Å². The van der Waals surface area contributed by atoms with Crippen molar-refractivity contribution in [3.63, 3.8) is 0 Å². The minimum absolute atomic E-state index is 0.0869. The molecule has 6 heteroatoms. The van der Waals surface area contributed by atoms with Gasteiger partial charge in [-0.2, -0.15) is 0 Å². The highest BCUT2D eigenvalue weighted by molar-refractivity contribution is 5.71. The second kappa shape index (κ2) is 64.1. The lowest BCUT2D eigenvalue weighted by Gasteiger charge is -2.18. The van der Waals surface area contributed by atoms with Crippen LogP contribution >= 0.6 is 0 Å². The second-order valence-corrected chi connectivity index (χ2v) is 21.6. The third kappa shape index (κ3) is 61.4. The summed E-state index contributed by atoms with van der Waals surface area (Å²) < 4.78 is 16.9. The summed E-state index contributed by atoms with van der Waals surface area (Å²) in [6.07, 6.45) is 84.5. The molecule has 0 aliphatic carbocycles. The van der Waals surface area contributed by atoms with Crippen LogP contribution in [0.1, 0.15) is 323 Å². The first-order chi connectivity index (χ1) is 37.5. The van der Waals surface area contributed by atoms with Crippen molar-refractivity contribution >= 4 is 17.9 Å². The van der Waals surface area contributed by atoms with Gasteiger partial charge in [-0.1, -0.05) is 292 Å². The third-order valence-electron chi connectivity index (χ3n) is 14.1. The zero-order valence-corrected chi connectivity index (χ0v) is 50.3. The van der Waals surface area contributed by atoms with E-state index in [0.29, 0.717) is 19.3 Å². The monoisotopic (exact) mass is 1060 g/mol. The molecular formula is C70H122O6. The van der Waals surface area contributed by atoms with Gasteiger partial charge in [-0.25, -0.2) is 0 Å². The van der Waals surface area contributed by atoms with Gasteiger partial charge in [0.05, 0.1) is 0 Å². The van der Waals surface area contributed by atoms with Crippen LogP contribution in [0.3, 0.4) is 0 Å². The van der Waals surface area contributed by atoms with Crippen molar-refractivity contribution in [2.75, 3.05) is 13.2 Å². The maximum absolute atomic E-state index is 12.9. The molecule has 0 aromatic carbocycles. The van der Waals surface area contributed by atoms with Crippen LogP contribution in [-0.2, 0) is 28.6 Å². The average molecular weight is 1060 g/mol. The molecule has 0 aromatic heterocycles. The van der Waals surface area contributed by atoms with Gasteiger partial charge in [0.1, 0.15) is 13.2 Å². The summed E-state index contributed by atoms with van der Waals surface area (Å²) in [5.41, 5.74) is 0. The standard InChI is InChI=1S/C70H122O6/c1-4-7-10-13-16-19-22-25-27-29-31-33-35-37-39-41-43-45-48-51-54-57-60-63-69(72)75-66-67(65-74-68(71)62-59-56-53-50-47-24-21-18-15-12-9-6-3)76-70(73)64-61-58-55-52-49-46-44-42-40-38-36-34-32-30-28-26-23-20-17-14-11-8-5-2/h7,10,16,18-19,21,25,27,31,33,37,39,43,45,67H,4-6,8-9,11-15,17,20,22-24,26,28-30,32,34-36,38,40-42,44,46-66H2,1-3H3/b10-7-,19-16-,21-18-,27-25-,33-31-,39-37-,45-43-. The zero-order valence-electron chi connectivity index (χ0n) is 50.3. The number of allylic oxidation sites excluding steroid dienone is 14. The maximum atomic E-state index is 12.9. The molecule has 1 unspecified atom stereocenters. The molecule has 0 aliphatic rings. The van der Waals surface area contributed by atoms with Crippen LogP contribution in [0.5, 0.6) is 0 Å². The number of hydrogen-bond acceptors (Lipinski definition) is 6. The van der Waals surface area contributed by atoms with Crippen molar-refractivity contribution < 1.29 is 28.6 Å². The Morgan fingerprint density at radius 3 is 0.842 bits per heavy atom. The highest BCUT2D eigenvalue weighted by atomic mass is 16.6. The van der Waals surface area contributed by atoms with E-state index in [4.69, 9.17) is 14.2 Å². The van der Waals surface area contributed by atoms with Gasteiger partial charge in [-0.15, -0.1) is 0 Å². The minimum atomic E-state index is -0.790. The molecule has 438 valence electrons. The van der Waals surface area contributed by atoms with E-state index < -0.39 is 6.10 Å². The van der Waals surface area contributed by atoms with E-state index in [-0.39, 0.29) is 31.1 Å². The van der Waals surface area contributed by atoms with Crippen molar-refractivity contribution in [2.24, 2.45) is 0 Å². The van der Waals surface area contributed by atoms with Gasteiger partial charge in [-0.05, 0) is 96.3 Å². The molecule has 0 fully saturated rings. The number of carbonyl (C=O) groups is 3. The summed E-state index contributed by atoms with van der Waals surface area (Å²) in [5, 5.41) is 0. The Morgan fingerprint density at radius 1 is 0.276 bits per heavy atom. The van der Waals surface area contributed by atoms with Crippen LogP contribution in [-0.4, -0.2) is 37.2 Å². The lowest BCUT2D eigenvalue weighted by molar-refractivity contribution is -0.167. The Kier molecular flexibility index (Phi) is 61.2. The van der Waals surface area contributed by atoms with E-state index in [1.165, 1.54) is 167 Å². The first kappa shape index (κ1) is 72.6. The Morgan fingerprint density at radius 2 is 0.513 bits per heavy atom. The summed E-state index contributed by atoms with van der Waals surface area (Å²) in [7, 11) is 0. The predicted molar refractivity (Wildman–Crippen MR) is 330 cm³/mol.